The molecule has 0 unspecified atom stereocenters. The molecule has 0 aliphatic carbocycles. The summed E-state index contributed by atoms with van der Waals surface area (Å²) < 4.78 is 5.23. The van der Waals surface area contributed by atoms with Crippen LogP contribution in [0.5, 0.6) is 0 Å². The van der Waals surface area contributed by atoms with Crippen molar-refractivity contribution in [2.24, 2.45) is 0 Å². The molecule has 134 valence electrons. The summed E-state index contributed by atoms with van der Waals surface area (Å²) in [4.78, 5) is 9.08. The maximum Gasteiger partial charge on any atom is 0.237 e. The van der Waals surface area contributed by atoms with Crippen LogP contribution in [0.2, 0.25) is 0 Å². The van der Waals surface area contributed by atoms with Crippen LogP contribution in [0.1, 0.15) is 18.6 Å². The Kier molecular flexibility index (Phi) is 5.20. The van der Waals surface area contributed by atoms with Crippen LogP contribution in [0.15, 0.2) is 70.3 Å². The Balaban J connectivity index is 1.66. The fourth-order valence-corrected chi connectivity index (χ4v) is 3.20. The zero-order chi connectivity index (χ0) is 18.5. The van der Waals surface area contributed by atoms with Crippen molar-refractivity contribution in [3.63, 3.8) is 0 Å². The van der Waals surface area contributed by atoms with Gasteiger partial charge in [0.1, 0.15) is 11.4 Å². The fraction of sp³-hybridized carbons (Fsp3) is 0.150. The van der Waals surface area contributed by atoms with E-state index < -0.39 is 0 Å². The molecule has 0 saturated heterocycles. The van der Waals surface area contributed by atoms with Gasteiger partial charge >= 0.3 is 0 Å². The highest BCUT2D eigenvalue weighted by molar-refractivity contribution is 7.98. The number of aryl methyl sites for hydroxylation is 1. The standard InChI is InChI=1S/C20H17N5OS/c1-2-16-21-17(26-25-16)13-27-20-22-18(14-9-5-3-6-10-14)19(23-24-20)15-11-7-4-8-12-15/h3-12H,2,13H2,1H3. The Hall–Kier alpha value is -3.06. The molecule has 0 saturated carbocycles. The van der Waals surface area contributed by atoms with E-state index in [4.69, 9.17) is 9.51 Å². The lowest BCUT2D eigenvalue weighted by Gasteiger charge is -2.09. The number of rotatable bonds is 6. The van der Waals surface area contributed by atoms with Crippen molar-refractivity contribution in [1.29, 1.82) is 0 Å². The predicted octanol–water partition coefficient (Wildman–Crippen LogP) is 4.44. The van der Waals surface area contributed by atoms with Crippen LogP contribution in [0.25, 0.3) is 22.5 Å². The van der Waals surface area contributed by atoms with Crippen molar-refractivity contribution >= 4 is 11.8 Å². The molecule has 27 heavy (non-hydrogen) atoms. The van der Waals surface area contributed by atoms with Gasteiger partial charge in [0, 0.05) is 17.5 Å². The van der Waals surface area contributed by atoms with Gasteiger partial charge in [-0.25, -0.2) is 4.98 Å². The molecule has 2 heterocycles. The normalized spacial score (nSPS) is 10.9. The summed E-state index contributed by atoms with van der Waals surface area (Å²) in [7, 11) is 0. The van der Waals surface area contributed by atoms with Gasteiger partial charge in [0.2, 0.25) is 11.0 Å². The summed E-state index contributed by atoms with van der Waals surface area (Å²) in [6.45, 7) is 1.99. The predicted molar refractivity (Wildman–Crippen MR) is 104 cm³/mol. The fourth-order valence-electron chi connectivity index (χ4n) is 2.58. The molecule has 0 spiro atoms. The average Bonchev–Trinajstić information content (AvgIpc) is 3.21. The maximum atomic E-state index is 5.23. The van der Waals surface area contributed by atoms with E-state index in [9.17, 15) is 0 Å². The first-order valence-electron chi connectivity index (χ1n) is 8.63. The Bertz CT molecular complexity index is 1020. The van der Waals surface area contributed by atoms with E-state index >= 15 is 0 Å². The van der Waals surface area contributed by atoms with Crippen LogP contribution >= 0.6 is 11.8 Å². The molecule has 0 N–H and O–H groups in total. The molecule has 7 heteroatoms. The molecule has 0 amide bonds. The summed E-state index contributed by atoms with van der Waals surface area (Å²) in [5, 5.41) is 13.2. The van der Waals surface area contributed by atoms with Crippen LogP contribution in [-0.2, 0) is 12.2 Å². The highest BCUT2D eigenvalue weighted by Gasteiger charge is 2.14. The summed E-state index contributed by atoms with van der Waals surface area (Å²) >= 11 is 1.43. The van der Waals surface area contributed by atoms with Gasteiger partial charge < -0.3 is 4.52 Å². The van der Waals surface area contributed by atoms with Crippen molar-refractivity contribution in [2.45, 2.75) is 24.3 Å². The first-order chi connectivity index (χ1) is 13.3. The molecular formula is C20H17N5OS. The van der Waals surface area contributed by atoms with Gasteiger partial charge in [-0.2, -0.15) is 4.98 Å². The van der Waals surface area contributed by atoms with Crippen LogP contribution in [0, 0.1) is 0 Å². The van der Waals surface area contributed by atoms with Crippen LogP contribution in [-0.4, -0.2) is 25.3 Å². The smallest absolute Gasteiger partial charge is 0.237 e. The molecule has 0 bridgehead atoms. The van der Waals surface area contributed by atoms with Crippen molar-refractivity contribution < 1.29 is 4.52 Å². The molecule has 2 aromatic heterocycles. The van der Waals surface area contributed by atoms with Gasteiger partial charge in [-0.05, 0) is 0 Å². The monoisotopic (exact) mass is 375 g/mol. The number of thioether (sulfide) groups is 1. The molecule has 0 aliphatic heterocycles. The molecule has 0 atom stereocenters. The summed E-state index contributed by atoms with van der Waals surface area (Å²) in [6.07, 6.45) is 0.746. The second-order valence-corrected chi connectivity index (χ2v) is 6.71. The van der Waals surface area contributed by atoms with E-state index in [0.717, 1.165) is 28.9 Å². The first kappa shape index (κ1) is 17.4. The van der Waals surface area contributed by atoms with E-state index in [1.807, 2.05) is 67.6 Å². The maximum absolute atomic E-state index is 5.23. The van der Waals surface area contributed by atoms with Crippen LogP contribution < -0.4 is 0 Å². The highest BCUT2D eigenvalue weighted by atomic mass is 32.2. The van der Waals surface area contributed by atoms with Gasteiger partial charge in [-0.1, -0.05) is 84.5 Å². The molecule has 2 aromatic carbocycles. The number of hydrogen-bond acceptors (Lipinski definition) is 7. The summed E-state index contributed by atoms with van der Waals surface area (Å²) in [5.74, 6) is 1.77. The second-order valence-electron chi connectivity index (χ2n) is 5.77. The van der Waals surface area contributed by atoms with Gasteiger partial charge in [0.15, 0.2) is 5.82 Å². The van der Waals surface area contributed by atoms with Gasteiger partial charge in [-0.15, -0.1) is 10.2 Å². The third-order valence-electron chi connectivity index (χ3n) is 3.91. The number of nitrogens with zero attached hydrogens (tertiary/aromatic N) is 5. The second kappa shape index (κ2) is 8.09. The first-order valence-corrected chi connectivity index (χ1v) is 9.62. The van der Waals surface area contributed by atoms with E-state index in [1.54, 1.807) is 0 Å². The van der Waals surface area contributed by atoms with Crippen LogP contribution in [0.4, 0.5) is 0 Å². The third-order valence-corrected chi connectivity index (χ3v) is 4.74. The molecule has 4 aromatic rings. The topological polar surface area (TPSA) is 77.6 Å². The Morgan fingerprint density at radius 2 is 1.48 bits per heavy atom. The minimum Gasteiger partial charge on any atom is -0.338 e. The zero-order valence-electron chi connectivity index (χ0n) is 14.7. The third kappa shape index (κ3) is 4.03. The molecule has 6 nitrogen and oxygen atoms in total. The Morgan fingerprint density at radius 3 is 2.11 bits per heavy atom. The van der Waals surface area contributed by atoms with Gasteiger partial charge in [-0.3, -0.25) is 0 Å². The number of hydrogen-bond donors (Lipinski definition) is 0. The van der Waals surface area contributed by atoms with Crippen molar-refractivity contribution in [2.75, 3.05) is 0 Å². The van der Waals surface area contributed by atoms with Crippen LogP contribution in [0.3, 0.4) is 0 Å². The zero-order valence-corrected chi connectivity index (χ0v) is 15.6. The summed E-state index contributed by atoms with van der Waals surface area (Å²) in [6, 6.07) is 20.0. The van der Waals surface area contributed by atoms with E-state index in [-0.39, 0.29) is 0 Å². The highest BCUT2D eigenvalue weighted by Crippen LogP contribution is 2.30. The van der Waals surface area contributed by atoms with Gasteiger partial charge in [0.25, 0.3) is 0 Å². The minimum atomic E-state index is 0.508. The molecule has 0 radical (unpaired) electrons. The quantitative estimate of drug-likeness (QED) is 0.461. The lowest BCUT2D eigenvalue weighted by Crippen LogP contribution is -1.99. The number of aromatic nitrogens is 5. The average molecular weight is 375 g/mol. The Morgan fingerprint density at radius 1 is 0.815 bits per heavy atom. The Labute approximate surface area is 161 Å². The molecular weight excluding hydrogens is 358 g/mol. The molecule has 0 aliphatic rings. The minimum absolute atomic E-state index is 0.508. The largest absolute Gasteiger partial charge is 0.338 e. The van der Waals surface area contributed by atoms with E-state index in [1.165, 1.54) is 11.8 Å². The molecule has 4 rings (SSSR count). The van der Waals surface area contributed by atoms with E-state index in [2.05, 4.69) is 20.3 Å². The van der Waals surface area contributed by atoms with Crippen molar-refractivity contribution in [3.8, 4) is 22.5 Å². The summed E-state index contributed by atoms with van der Waals surface area (Å²) in [5.41, 5.74) is 3.55. The van der Waals surface area contributed by atoms with E-state index in [0.29, 0.717) is 22.6 Å². The molecule has 0 fully saturated rings. The van der Waals surface area contributed by atoms with Crippen molar-refractivity contribution in [1.82, 2.24) is 25.3 Å². The van der Waals surface area contributed by atoms with Crippen molar-refractivity contribution in [3.05, 3.63) is 72.4 Å². The lowest BCUT2D eigenvalue weighted by atomic mass is 10.0. The van der Waals surface area contributed by atoms with Gasteiger partial charge in [0.05, 0.1) is 5.75 Å². The number of benzene rings is 2. The SMILES string of the molecule is CCc1noc(CSc2nnc(-c3ccccc3)c(-c3ccccc3)n2)n1. The lowest BCUT2D eigenvalue weighted by molar-refractivity contribution is 0.385.